The molecule has 1 atom stereocenters. The highest BCUT2D eigenvalue weighted by molar-refractivity contribution is 7.89. The van der Waals surface area contributed by atoms with E-state index in [2.05, 4.69) is 17.1 Å². The molecule has 9 heteroatoms. The number of benzene rings is 2. The van der Waals surface area contributed by atoms with Crippen LogP contribution in [0.3, 0.4) is 0 Å². The van der Waals surface area contributed by atoms with Crippen molar-refractivity contribution >= 4 is 38.4 Å². The van der Waals surface area contributed by atoms with Crippen molar-refractivity contribution < 1.29 is 17.9 Å². The molecular weight excluding hydrogens is 462 g/mol. The largest absolute Gasteiger partial charge is 0.375 e. The zero-order valence-electron chi connectivity index (χ0n) is 18.1. The number of halogens is 1. The predicted octanol–water partition coefficient (Wildman–Crippen LogP) is 3.72. The average molecular weight is 488 g/mol. The van der Waals surface area contributed by atoms with Gasteiger partial charge in [-0.25, -0.2) is 8.42 Å². The van der Waals surface area contributed by atoms with Crippen molar-refractivity contribution in [1.82, 2.24) is 9.29 Å². The van der Waals surface area contributed by atoms with Gasteiger partial charge in [-0.2, -0.15) is 4.31 Å². The number of rotatable bonds is 5. The van der Waals surface area contributed by atoms with E-state index in [-0.39, 0.29) is 16.2 Å². The van der Waals surface area contributed by atoms with Crippen molar-refractivity contribution in [2.24, 2.45) is 11.7 Å². The van der Waals surface area contributed by atoms with Crippen LogP contribution in [0.2, 0.25) is 5.02 Å². The number of sulfonamides is 1. The number of aromatic amines is 1. The molecule has 5 rings (SSSR count). The highest BCUT2D eigenvalue weighted by atomic mass is 35.5. The van der Waals surface area contributed by atoms with Gasteiger partial charge in [-0.3, -0.25) is 4.79 Å². The van der Waals surface area contributed by atoms with Crippen LogP contribution < -0.4 is 5.73 Å². The summed E-state index contributed by atoms with van der Waals surface area (Å²) < 4.78 is 34.9. The first-order valence-electron chi connectivity index (χ1n) is 11.1. The van der Waals surface area contributed by atoms with Crippen LogP contribution in [0.5, 0.6) is 0 Å². The van der Waals surface area contributed by atoms with Gasteiger partial charge in [-0.1, -0.05) is 41.9 Å². The molecule has 1 spiro atoms. The molecule has 3 heterocycles. The number of aromatic nitrogens is 1. The second-order valence-electron chi connectivity index (χ2n) is 9.04. The number of H-pyrrole nitrogens is 1. The van der Waals surface area contributed by atoms with Gasteiger partial charge in [0.25, 0.3) is 5.91 Å². The third kappa shape index (κ3) is 4.17. The van der Waals surface area contributed by atoms with E-state index in [0.29, 0.717) is 54.4 Å². The lowest BCUT2D eigenvalue weighted by Gasteiger charge is -2.38. The topological polar surface area (TPSA) is 105 Å². The highest BCUT2D eigenvalue weighted by Gasteiger charge is 2.45. The Bertz CT molecular complexity index is 1300. The molecule has 3 aromatic rings. The fraction of sp³-hybridized carbons (Fsp3) is 0.375. The quantitative estimate of drug-likeness (QED) is 0.572. The van der Waals surface area contributed by atoms with Crippen molar-refractivity contribution in [2.75, 3.05) is 19.7 Å². The Morgan fingerprint density at radius 1 is 1.18 bits per heavy atom. The fourth-order valence-electron chi connectivity index (χ4n) is 5.21. The second-order valence-corrected chi connectivity index (χ2v) is 11.4. The number of amides is 1. The number of nitrogens with one attached hydrogen (secondary N) is 1. The molecule has 1 unspecified atom stereocenters. The molecular formula is C24H26ClN3O4S. The minimum absolute atomic E-state index is 0.0993. The summed E-state index contributed by atoms with van der Waals surface area (Å²) >= 11 is 6.11. The molecule has 0 saturated carbocycles. The maximum atomic E-state index is 13.6. The van der Waals surface area contributed by atoms with Crippen LogP contribution in [0.1, 0.15) is 35.3 Å². The number of ether oxygens (including phenoxy) is 1. The van der Waals surface area contributed by atoms with Crippen molar-refractivity contribution in [3.8, 4) is 0 Å². The summed E-state index contributed by atoms with van der Waals surface area (Å²) in [6.07, 6.45) is 3.12. The predicted molar refractivity (Wildman–Crippen MR) is 127 cm³/mol. The number of nitrogens with zero attached hydrogens (tertiary/aromatic N) is 1. The van der Waals surface area contributed by atoms with Gasteiger partial charge in [0, 0.05) is 29.0 Å². The van der Waals surface area contributed by atoms with E-state index in [9.17, 15) is 13.2 Å². The Balaban J connectivity index is 1.35. The van der Waals surface area contributed by atoms with Gasteiger partial charge in [0.15, 0.2) is 0 Å². The summed E-state index contributed by atoms with van der Waals surface area (Å²) in [5.41, 5.74) is 6.90. The van der Waals surface area contributed by atoms with E-state index in [0.717, 1.165) is 12.8 Å². The van der Waals surface area contributed by atoms with Gasteiger partial charge >= 0.3 is 0 Å². The van der Waals surface area contributed by atoms with Crippen LogP contribution in [-0.2, 0) is 21.2 Å². The lowest BCUT2D eigenvalue weighted by Crippen LogP contribution is -2.46. The molecule has 3 N–H and O–H groups in total. The Morgan fingerprint density at radius 3 is 2.61 bits per heavy atom. The first-order valence-corrected chi connectivity index (χ1v) is 12.9. The Hall–Kier alpha value is -2.39. The standard InChI is InChI=1S/C24H26ClN3O4S/c25-18-6-7-20-19(13-18)22(21(27-20)23(26)29)33(30,31)28-10-8-24(9-11-28)14-17(15-32-24)12-16-4-2-1-3-5-16/h1-7,13,17,27H,8-12,14-15H2,(H2,26,29). The van der Waals surface area contributed by atoms with Crippen molar-refractivity contribution in [2.45, 2.75) is 36.2 Å². The first kappa shape index (κ1) is 22.4. The molecule has 1 aromatic heterocycles. The molecule has 0 bridgehead atoms. The number of carbonyl (C=O) groups excluding carboxylic acids is 1. The fourth-order valence-corrected chi connectivity index (χ4v) is 7.16. The Morgan fingerprint density at radius 2 is 1.91 bits per heavy atom. The SMILES string of the molecule is NC(=O)c1[nH]c2ccc(Cl)cc2c1S(=O)(=O)N1CCC2(CC1)CC(Cc1ccccc1)CO2. The van der Waals surface area contributed by atoms with Crippen molar-refractivity contribution in [3.05, 3.63) is 64.8 Å². The van der Waals surface area contributed by atoms with E-state index in [1.807, 2.05) is 18.2 Å². The molecule has 7 nitrogen and oxygen atoms in total. The van der Waals surface area contributed by atoms with Gasteiger partial charge in [-0.15, -0.1) is 0 Å². The van der Waals surface area contributed by atoms with E-state index in [4.69, 9.17) is 22.1 Å². The van der Waals surface area contributed by atoms with Gasteiger partial charge in [0.2, 0.25) is 10.0 Å². The molecule has 33 heavy (non-hydrogen) atoms. The zero-order chi connectivity index (χ0) is 23.2. The van der Waals surface area contributed by atoms with Crippen molar-refractivity contribution in [3.63, 3.8) is 0 Å². The highest BCUT2D eigenvalue weighted by Crippen LogP contribution is 2.41. The molecule has 174 valence electrons. The minimum atomic E-state index is -3.96. The molecule has 2 aliphatic heterocycles. The second kappa shape index (κ2) is 8.43. The summed E-state index contributed by atoms with van der Waals surface area (Å²) in [7, 11) is -3.96. The molecule has 2 aromatic carbocycles. The maximum Gasteiger partial charge on any atom is 0.266 e. The number of hydrogen-bond donors (Lipinski definition) is 2. The van der Waals surface area contributed by atoms with Crippen molar-refractivity contribution in [1.29, 1.82) is 0 Å². The summed E-state index contributed by atoms with van der Waals surface area (Å²) in [5, 5.41) is 0.756. The van der Waals surface area contributed by atoms with E-state index in [1.165, 1.54) is 9.87 Å². The summed E-state index contributed by atoms with van der Waals surface area (Å²) in [6.45, 7) is 1.34. The smallest absolute Gasteiger partial charge is 0.266 e. The normalized spacial score (nSPS) is 21.1. The Labute approximate surface area is 197 Å². The van der Waals surface area contributed by atoms with E-state index in [1.54, 1.807) is 18.2 Å². The molecule has 0 aliphatic carbocycles. The molecule has 0 radical (unpaired) electrons. The number of nitrogens with two attached hydrogens (primary N) is 1. The van der Waals surface area contributed by atoms with Crippen LogP contribution in [0.4, 0.5) is 0 Å². The van der Waals surface area contributed by atoms with Gasteiger partial charge in [0.1, 0.15) is 10.6 Å². The molecule has 2 fully saturated rings. The zero-order valence-corrected chi connectivity index (χ0v) is 19.7. The van der Waals surface area contributed by atoms with Crippen LogP contribution in [0.15, 0.2) is 53.4 Å². The van der Waals surface area contributed by atoms with Crippen LogP contribution >= 0.6 is 11.6 Å². The average Bonchev–Trinajstić information content (AvgIpc) is 3.36. The van der Waals surface area contributed by atoms with Crippen LogP contribution in [-0.4, -0.2) is 48.9 Å². The Kier molecular flexibility index (Phi) is 5.73. The number of hydrogen-bond acceptors (Lipinski definition) is 4. The van der Waals surface area contributed by atoms with Crippen LogP contribution in [0.25, 0.3) is 10.9 Å². The molecule has 2 saturated heterocycles. The first-order chi connectivity index (χ1) is 15.8. The van der Waals surface area contributed by atoms with Gasteiger partial charge < -0.3 is 15.5 Å². The summed E-state index contributed by atoms with van der Waals surface area (Å²) in [4.78, 5) is 14.8. The molecule has 2 aliphatic rings. The number of carbonyl (C=O) groups is 1. The summed E-state index contributed by atoms with van der Waals surface area (Å²) in [6, 6.07) is 15.2. The monoisotopic (exact) mass is 487 g/mol. The van der Waals surface area contributed by atoms with Crippen LogP contribution in [0, 0.1) is 5.92 Å². The lowest BCUT2D eigenvalue weighted by molar-refractivity contribution is -0.0313. The minimum Gasteiger partial charge on any atom is -0.375 e. The number of piperidine rings is 1. The lowest BCUT2D eigenvalue weighted by atomic mass is 9.84. The number of fused-ring (bicyclic) bond motifs is 1. The third-order valence-electron chi connectivity index (χ3n) is 6.84. The third-order valence-corrected chi connectivity index (χ3v) is 9.06. The van der Waals surface area contributed by atoms with Gasteiger partial charge in [-0.05, 0) is 55.4 Å². The maximum absolute atomic E-state index is 13.6. The molecule has 1 amide bonds. The van der Waals surface area contributed by atoms with E-state index >= 15 is 0 Å². The summed E-state index contributed by atoms with van der Waals surface area (Å²) in [5.74, 6) is -0.398. The van der Waals surface area contributed by atoms with Gasteiger partial charge in [0.05, 0.1) is 12.2 Å². The number of primary amides is 1. The van der Waals surface area contributed by atoms with E-state index < -0.39 is 15.9 Å².